The van der Waals surface area contributed by atoms with Gasteiger partial charge in [-0.3, -0.25) is 14.4 Å². The van der Waals surface area contributed by atoms with E-state index in [1.807, 2.05) is 35.4 Å². The zero-order chi connectivity index (χ0) is 23.8. The van der Waals surface area contributed by atoms with Crippen LogP contribution in [-0.4, -0.2) is 59.7 Å². The summed E-state index contributed by atoms with van der Waals surface area (Å²) in [6, 6.07) is 7.81. The van der Waals surface area contributed by atoms with Crippen LogP contribution < -0.4 is 5.32 Å². The van der Waals surface area contributed by atoms with E-state index in [9.17, 15) is 14.4 Å². The van der Waals surface area contributed by atoms with Crippen molar-refractivity contribution in [2.75, 3.05) is 26.0 Å². The number of hydrogen-bond acceptors (Lipinski definition) is 7. The number of rotatable bonds is 9. The predicted octanol–water partition coefficient (Wildman–Crippen LogP) is 3.89. The Kier molecular flexibility index (Phi) is 9.31. The molecule has 1 atom stereocenters. The molecule has 0 spiro atoms. The summed E-state index contributed by atoms with van der Waals surface area (Å²) in [5, 5.41) is 5.49. The molecule has 2 aromatic rings. The van der Waals surface area contributed by atoms with Crippen molar-refractivity contribution >= 4 is 40.9 Å². The quantitative estimate of drug-likeness (QED) is 0.425. The molecule has 1 saturated heterocycles. The van der Waals surface area contributed by atoms with Gasteiger partial charge < -0.3 is 15.0 Å². The van der Waals surface area contributed by atoms with Crippen LogP contribution in [0.25, 0.3) is 0 Å². The number of amides is 2. The summed E-state index contributed by atoms with van der Waals surface area (Å²) in [7, 11) is 0. The van der Waals surface area contributed by atoms with Crippen LogP contribution in [0.15, 0.2) is 34.5 Å². The molecular weight excluding hydrogens is 458 g/mol. The van der Waals surface area contributed by atoms with Gasteiger partial charge in [-0.1, -0.05) is 12.1 Å². The molecule has 1 fully saturated rings. The van der Waals surface area contributed by atoms with E-state index >= 15 is 0 Å². The minimum atomic E-state index is -0.331. The van der Waals surface area contributed by atoms with Gasteiger partial charge in [0.1, 0.15) is 5.69 Å². The van der Waals surface area contributed by atoms with Crippen LogP contribution >= 0.6 is 23.1 Å². The topological polar surface area (TPSA) is 88.6 Å². The van der Waals surface area contributed by atoms with Gasteiger partial charge in [0.15, 0.2) is 0 Å². The Balaban J connectivity index is 1.47. The largest absolute Gasteiger partial charge is 0.466 e. The molecule has 3 rings (SSSR count). The average Bonchev–Trinajstić information content (AvgIpc) is 3.30. The predicted molar refractivity (Wildman–Crippen MR) is 131 cm³/mol. The molecule has 1 aromatic heterocycles. The van der Waals surface area contributed by atoms with E-state index in [1.165, 1.54) is 16.2 Å². The van der Waals surface area contributed by atoms with Gasteiger partial charge >= 0.3 is 5.97 Å². The van der Waals surface area contributed by atoms with Crippen LogP contribution in [0.5, 0.6) is 0 Å². The highest BCUT2D eigenvalue weighted by Gasteiger charge is 2.26. The van der Waals surface area contributed by atoms with Gasteiger partial charge in [-0.05, 0) is 50.6 Å². The molecule has 7 nitrogen and oxygen atoms in total. The number of thioether (sulfide) groups is 1. The highest BCUT2D eigenvalue weighted by Crippen LogP contribution is 2.30. The zero-order valence-electron chi connectivity index (χ0n) is 19.3. The van der Waals surface area contributed by atoms with Gasteiger partial charge in [-0.2, -0.15) is 0 Å². The van der Waals surface area contributed by atoms with E-state index in [1.54, 1.807) is 31.0 Å². The number of hydrogen-bond donors (Lipinski definition) is 1. The molecule has 1 aromatic carbocycles. The van der Waals surface area contributed by atoms with E-state index in [0.29, 0.717) is 31.8 Å². The summed E-state index contributed by atoms with van der Waals surface area (Å²) in [6.45, 7) is 5.24. The highest BCUT2D eigenvalue weighted by molar-refractivity contribution is 7.98. The van der Waals surface area contributed by atoms with Crippen molar-refractivity contribution in [1.29, 1.82) is 0 Å². The van der Waals surface area contributed by atoms with Crippen molar-refractivity contribution in [1.82, 2.24) is 15.2 Å². The van der Waals surface area contributed by atoms with E-state index in [2.05, 4.69) is 10.3 Å². The molecule has 1 unspecified atom stereocenters. The Hall–Kier alpha value is -2.39. The number of carbonyl (C=O) groups is 3. The lowest BCUT2D eigenvalue weighted by molar-refractivity contribution is -0.143. The van der Waals surface area contributed by atoms with E-state index in [0.717, 1.165) is 23.4 Å². The first-order valence-electron chi connectivity index (χ1n) is 11.2. The Morgan fingerprint density at radius 3 is 2.58 bits per heavy atom. The highest BCUT2D eigenvalue weighted by atomic mass is 32.2. The third-order valence-electron chi connectivity index (χ3n) is 5.62. The lowest BCUT2D eigenvalue weighted by Crippen LogP contribution is -2.38. The van der Waals surface area contributed by atoms with E-state index in [4.69, 9.17) is 4.74 Å². The number of esters is 1. The number of likely N-dealkylation sites (tertiary alicyclic amines) is 1. The third kappa shape index (κ3) is 7.30. The maximum Gasteiger partial charge on any atom is 0.307 e. The number of nitrogens with zero attached hydrogens (tertiary/aromatic N) is 2. The summed E-state index contributed by atoms with van der Waals surface area (Å²) in [5.41, 5.74) is 1.41. The van der Waals surface area contributed by atoms with E-state index < -0.39 is 0 Å². The minimum absolute atomic E-state index is 0.130. The van der Waals surface area contributed by atoms with Crippen molar-refractivity contribution in [2.24, 2.45) is 0 Å². The fourth-order valence-electron chi connectivity index (χ4n) is 3.80. The van der Waals surface area contributed by atoms with Crippen LogP contribution in [0.4, 0.5) is 0 Å². The molecule has 2 amide bonds. The van der Waals surface area contributed by atoms with Crippen LogP contribution in [0.1, 0.15) is 60.1 Å². The zero-order valence-corrected chi connectivity index (χ0v) is 21.0. The lowest BCUT2D eigenvalue weighted by Gasteiger charge is -2.31. The van der Waals surface area contributed by atoms with Crippen molar-refractivity contribution in [3.8, 4) is 0 Å². The Morgan fingerprint density at radius 2 is 1.94 bits per heavy atom. The van der Waals surface area contributed by atoms with Crippen LogP contribution in [-0.2, 0) is 20.7 Å². The first-order chi connectivity index (χ1) is 15.9. The average molecular weight is 490 g/mol. The van der Waals surface area contributed by atoms with Crippen molar-refractivity contribution in [3.63, 3.8) is 0 Å². The Bertz CT molecular complexity index is 953. The second-order valence-electron chi connectivity index (χ2n) is 8.13. The fraction of sp³-hybridized carbons (Fsp3) is 0.500. The third-order valence-corrected chi connectivity index (χ3v) is 7.37. The molecule has 0 saturated carbocycles. The standard InChI is InChI=1S/C24H31N3O4S2/c1-4-31-22(29)13-16(2)25-23(30)20-15-33-24(26-20)18-9-11-27(12-10-18)21(28)14-17-5-7-19(32-3)8-6-17/h5-8,15-16,18H,4,9-14H2,1-3H3,(H,25,30). The number of aromatic nitrogens is 1. The SMILES string of the molecule is CCOC(=O)CC(C)NC(=O)c1csc(C2CCN(C(=O)Cc3ccc(SC)cc3)CC2)n1. The molecule has 178 valence electrons. The van der Waals surface area contributed by atoms with Gasteiger partial charge in [0.05, 0.1) is 24.5 Å². The van der Waals surface area contributed by atoms with Crippen molar-refractivity contribution in [2.45, 2.75) is 56.4 Å². The molecule has 0 radical (unpaired) electrons. The van der Waals surface area contributed by atoms with Crippen molar-refractivity contribution < 1.29 is 19.1 Å². The molecule has 1 aliphatic rings. The van der Waals surface area contributed by atoms with Crippen molar-refractivity contribution in [3.05, 3.63) is 45.9 Å². The molecule has 1 N–H and O–H groups in total. The smallest absolute Gasteiger partial charge is 0.307 e. The van der Waals surface area contributed by atoms with Gasteiger partial charge in [0.2, 0.25) is 5.91 Å². The number of ether oxygens (including phenoxy) is 1. The Labute approximate surface area is 203 Å². The number of nitrogens with one attached hydrogen (secondary N) is 1. The summed E-state index contributed by atoms with van der Waals surface area (Å²) in [4.78, 5) is 44.4. The Morgan fingerprint density at radius 1 is 1.24 bits per heavy atom. The maximum absolute atomic E-state index is 12.7. The second kappa shape index (κ2) is 12.2. The molecule has 2 heterocycles. The van der Waals surface area contributed by atoms with Crippen LogP contribution in [0.2, 0.25) is 0 Å². The van der Waals surface area contributed by atoms with Gasteiger partial charge in [0.25, 0.3) is 5.91 Å². The molecule has 33 heavy (non-hydrogen) atoms. The molecule has 1 aliphatic heterocycles. The number of piperidine rings is 1. The van der Waals surface area contributed by atoms with Gasteiger partial charge in [-0.25, -0.2) is 4.98 Å². The minimum Gasteiger partial charge on any atom is -0.466 e. The lowest BCUT2D eigenvalue weighted by atomic mass is 9.97. The first kappa shape index (κ1) is 25.2. The summed E-state index contributed by atoms with van der Waals surface area (Å²) in [5.74, 6) is -0.212. The molecule has 9 heteroatoms. The van der Waals surface area contributed by atoms with Crippen LogP contribution in [0.3, 0.4) is 0 Å². The first-order valence-corrected chi connectivity index (χ1v) is 13.3. The molecular formula is C24H31N3O4S2. The normalized spacial score (nSPS) is 15.2. The van der Waals surface area contributed by atoms with Gasteiger partial charge in [-0.15, -0.1) is 23.1 Å². The monoisotopic (exact) mass is 489 g/mol. The number of thiazole rings is 1. The fourth-order valence-corrected chi connectivity index (χ4v) is 5.18. The van der Waals surface area contributed by atoms with Crippen LogP contribution in [0, 0.1) is 0 Å². The number of carbonyl (C=O) groups excluding carboxylic acids is 3. The second-order valence-corrected chi connectivity index (χ2v) is 9.90. The van der Waals surface area contributed by atoms with E-state index in [-0.39, 0.29) is 36.2 Å². The summed E-state index contributed by atoms with van der Waals surface area (Å²) >= 11 is 3.17. The summed E-state index contributed by atoms with van der Waals surface area (Å²) < 4.78 is 4.92. The van der Waals surface area contributed by atoms with Gasteiger partial charge in [0, 0.05) is 35.3 Å². The molecule has 0 aliphatic carbocycles. The maximum atomic E-state index is 12.7. The summed E-state index contributed by atoms with van der Waals surface area (Å²) in [6.07, 6.45) is 4.26. The molecule has 0 bridgehead atoms. The number of benzene rings is 1.